The van der Waals surface area contributed by atoms with Crippen molar-refractivity contribution in [2.75, 3.05) is 18.0 Å². The summed E-state index contributed by atoms with van der Waals surface area (Å²) >= 11 is 0. The van der Waals surface area contributed by atoms with E-state index < -0.39 is 12.1 Å². The van der Waals surface area contributed by atoms with Crippen LogP contribution in [0, 0.1) is 6.92 Å². The number of hydrogen-bond acceptors (Lipinski definition) is 3. The van der Waals surface area contributed by atoms with Crippen molar-refractivity contribution in [3.05, 3.63) is 41.6 Å². The van der Waals surface area contributed by atoms with Gasteiger partial charge < -0.3 is 4.90 Å². The number of amides is 4. The van der Waals surface area contributed by atoms with Crippen LogP contribution in [0.2, 0.25) is 0 Å². The van der Waals surface area contributed by atoms with Crippen molar-refractivity contribution in [2.45, 2.75) is 46.1 Å². The molecule has 0 bridgehead atoms. The number of rotatable bonds is 5. The lowest BCUT2D eigenvalue weighted by molar-refractivity contribution is -0.135. The van der Waals surface area contributed by atoms with Crippen LogP contribution in [0.15, 0.2) is 36.0 Å². The van der Waals surface area contributed by atoms with Gasteiger partial charge in [-0.25, -0.2) is 4.79 Å². The van der Waals surface area contributed by atoms with E-state index >= 15 is 0 Å². The number of benzene rings is 1. The lowest BCUT2D eigenvalue weighted by Crippen LogP contribution is -2.43. The normalized spacial score (nSPS) is 20.0. The first-order valence-electron chi connectivity index (χ1n) is 9.14. The fourth-order valence-electron chi connectivity index (χ4n) is 3.57. The van der Waals surface area contributed by atoms with Crippen molar-refractivity contribution < 1.29 is 14.4 Å². The van der Waals surface area contributed by atoms with Gasteiger partial charge in [0, 0.05) is 17.9 Å². The first-order valence-corrected chi connectivity index (χ1v) is 9.14. The number of urea groups is 1. The SMILES string of the molecule is CCN(C(=O)CN1C(=O)[C@H](C)N(c2ccc(C)cc2)C1=O)C1=CCCC1. The van der Waals surface area contributed by atoms with Gasteiger partial charge in [0.2, 0.25) is 5.91 Å². The number of anilines is 1. The molecule has 0 aromatic heterocycles. The third kappa shape index (κ3) is 3.23. The molecule has 1 aromatic rings. The average Bonchev–Trinajstić information content (AvgIpc) is 3.21. The van der Waals surface area contributed by atoms with Crippen molar-refractivity contribution in [2.24, 2.45) is 0 Å². The van der Waals surface area contributed by atoms with Crippen molar-refractivity contribution in [1.82, 2.24) is 9.80 Å². The Morgan fingerprint density at radius 3 is 2.50 bits per heavy atom. The number of likely N-dealkylation sites (N-methyl/N-ethyl adjacent to an activating group) is 1. The zero-order valence-electron chi connectivity index (χ0n) is 15.6. The van der Waals surface area contributed by atoms with Crippen LogP contribution in [0.25, 0.3) is 0 Å². The van der Waals surface area contributed by atoms with Crippen LogP contribution >= 0.6 is 0 Å². The van der Waals surface area contributed by atoms with Crippen molar-refractivity contribution in [3.8, 4) is 0 Å². The van der Waals surface area contributed by atoms with Gasteiger partial charge in [0.1, 0.15) is 12.6 Å². The van der Waals surface area contributed by atoms with E-state index in [0.29, 0.717) is 12.2 Å². The molecule has 0 saturated carbocycles. The largest absolute Gasteiger partial charge is 0.332 e. The molecule has 1 saturated heterocycles. The first-order chi connectivity index (χ1) is 12.4. The van der Waals surface area contributed by atoms with Gasteiger partial charge in [-0.2, -0.15) is 0 Å². The van der Waals surface area contributed by atoms with E-state index in [1.165, 1.54) is 4.90 Å². The Bertz CT molecular complexity index is 754. The molecule has 1 aliphatic heterocycles. The van der Waals surface area contributed by atoms with Crippen LogP contribution < -0.4 is 4.90 Å². The standard InChI is InChI=1S/C20H25N3O3/c1-4-21(16-7-5-6-8-16)18(24)13-22-19(25)15(3)23(20(22)26)17-11-9-14(2)10-12-17/h7,9-12,15H,4-6,8,13H2,1-3H3/t15-/m0/s1. The van der Waals surface area contributed by atoms with Crippen LogP contribution in [-0.4, -0.2) is 46.8 Å². The minimum atomic E-state index is -0.612. The Kier molecular flexibility index (Phi) is 5.11. The lowest BCUT2D eigenvalue weighted by atomic mass is 10.2. The summed E-state index contributed by atoms with van der Waals surface area (Å²) in [6.07, 6.45) is 4.95. The van der Waals surface area contributed by atoms with E-state index in [2.05, 4.69) is 6.08 Å². The minimum absolute atomic E-state index is 0.208. The summed E-state index contributed by atoms with van der Waals surface area (Å²) in [5.74, 6) is -0.541. The molecule has 138 valence electrons. The highest BCUT2D eigenvalue weighted by Crippen LogP contribution is 2.27. The van der Waals surface area contributed by atoms with Gasteiger partial charge in [0.25, 0.3) is 5.91 Å². The molecule has 1 fully saturated rings. The predicted octanol–water partition coefficient (Wildman–Crippen LogP) is 3.07. The highest BCUT2D eigenvalue weighted by atomic mass is 16.2. The Hall–Kier alpha value is -2.63. The number of hydrogen-bond donors (Lipinski definition) is 0. The number of allylic oxidation sites excluding steroid dienone is 2. The maximum atomic E-state index is 12.8. The smallest absolute Gasteiger partial charge is 0.315 e. The number of imide groups is 1. The molecule has 1 atom stereocenters. The van der Waals surface area contributed by atoms with Crippen LogP contribution in [0.4, 0.5) is 10.5 Å². The van der Waals surface area contributed by atoms with Gasteiger partial charge in [-0.1, -0.05) is 23.8 Å². The summed E-state index contributed by atoms with van der Waals surface area (Å²) < 4.78 is 0. The monoisotopic (exact) mass is 355 g/mol. The van der Waals surface area contributed by atoms with Gasteiger partial charge in [-0.3, -0.25) is 19.4 Å². The molecular formula is C20H25N3O3. The second kappa shape index (κ2) is 7.32. The van der Waals surface area contributed by atoms with Crippen LogP contribution in [-0.2, 0) is 9.59 Å². The Labute approximate surface area is 154 Å². The van der Waals surface area contributed by atoms with Crippen molar-refractivity contribution in [3.63, 3.8) is 0 Å². The summed E-state index contributed by atoms with van der Waals surface area (Å²) in [5.41, 5.74) is 2.75. The molecular weight excluding hydrogens is 330 g/mol. The number of carbonyl (C=O) groups excluding carboxylic acids is 3. The van der Waals surface area contributed by atoms with Gasteiger partial charge in [-0.15, -0.1) is 0 Å². The molecule has 1 aromatic carbocycles. The molecule has 3 rings (SSSR count). The van der Waals surface area contributed by atoms with Gasteiger partial charge in [0.15, 0.2) is 0 Å². The molecule has 1 aliphatic carbocycles. The number of nitrogens with zero attached hydrogens (tertiary/aromatic N) is 3. The molecule has 6 heteroatoms. The fourth-order valence-corrected chi connectivity index (χ4v) is 3.57. The molecule has 0 unspecified atom stereocenters. The van der Waals surface area contributed by atoms with E-state index in [9.17, 15) is 14.4 Å². The predicted molar refractivity (Wildman–Crippen MR) is 99.6 cm³/mol. The van der Waals surface area contributed by atoms with Crippen molar-refractivity contribution in [1.29, 1.82) is 0 Å². The molecule has 2 aliphatic rings. The van der Waals surface area contributed by atoms with Gasteiger partial charge in [-0.05, 0) is 52.2 Å². The maximum Gasteiger partial charge on any atom is 0.332 e. The quantitative estimate of drug-likeness (QED) is 0.763. The third-order valence-corrected chi connectivity index (χ3v) is 5.03. The Morgan fingerprint density at radius 1 is 1.23 bits per heavy atom. The molecule has 0 N–H and O–H groups in total. The van der Waals surface area contributed by atoms with Gasteiger partial charge >= 0.3 is 6.03 Å². The molecule has 26 heavy (non-hydrogen) atoms. The minimum Gasteiger partial charge on any atom is -0.315 e. The fraction of sp³-hybridized carbons (Fsp3) is 0.450. The number of aryl methyl sites for hydroxylation is 1. The van der Waals surface area contributed by atoms with Crippen LogP contribution in [0.5, 0.6) is 0 Å². The van der Waals surface area contributed by atoms with Crippen LogP contribution in [0.3, 0.4) is 0 Å². The van der Waals surface area contributed by atoms with Crippen molar-refractivity contribution >= 4 is 23.5 Å². The Balaban J connectivity index is 1.77. The summed E-state index contributed by atoms with van der Waals surface area (Å²) in [5, 5.41) is 0. The van der Waals surface area contributed by atoms with E-state index in [-0.39, 0.29) is 18.4 Å². The molecule has 0 radical (unpaired) electrons. The number of carbonyl (C=O) groups is 3. The molecule has 4 amide bonds. The average molecular weight is 355 g/mol. The maximum absolute atomic E-state index is 12.8. The van der Waals surface area contributed by atoms with E-state index in [1.54, 1.807) is 11.8 Å². The summed E-state index contributed by atoms with van der Waals surface area (Å²) in [6.45, 7) is 5.90. The second-order valence-electron chi connectivity index (χ2n) is 6.81. The Morgan fingerprint density at radius 2 is 1.92 bits per heavy atom. The highest BCUT2D eigenvalue weighted by Gasteiger charge is 2.44. The van der Waals surface area contributed by atoms with Crippen LogP contribution in [0.1, 0.15) is 38.7 Å². The van der Waals surface area contributed by atoms with E-state index in [0.717, 1.165) is 35.4 Å². The highest BCUT2D eigenvalue weighted by molar-refractivity contribution is 6.15. The molecule has 0 spiro atoms. The zero-order valence-corrected chi connectivity index (χ0v) is 15.6. The molecule has 6 nitrogen and oxygen atoms in total. The lowest BCUT2D eigenvalue weighted by Gasteiger charge is -2.24. The molecule has 1 heterocycles. The third-order valence-electron chi connectivity index (χ3n) is 5.03. The van der Waals surface area contributed by atoms with E-state index in [4.69, 9.17) is 0 Å². The zero-order chi connectivity index (χ0) is 18.8. The van der Waals surface area contributed by atoms with E-state index in [1.807, 2.05) is 38.1 Å². The summed E-state index contributed by atoms with van der Waals surface area (Å²) in [6, 6.07) is 6.40. The first kappa shape index (κ1) is 18.2. The summed E-state index contributed by atoms with van der Waals surface area (Å²) in [4.78, 5) is 42.4. The summed E-state index contributed by atoms with van der Waals surface area (Å²) in [7, 11) is 0. The topological polar surface area (TPSA) is 60.9 Å². The second-order valence-corrected chi connectivity index (χ2v) is 6.81. The van der Waals surface area contributed by atoms with Gasteiger partial charge in [0.05, 0.1) is 0 Å².